The SMILES string of the molecule is O=C(O)CNC(=O)c1c(O)c2ccc(Cl)c(Oc3ccccc3)c2c2ncnn12. The average Bonchev–Trinajstić information content (AvgIpc) is 3.18. The van der Waals surface area contributed by atoms with Gasteiger partial charge in [0.1, 0.15) is 18.6 Å². The van der Waals surface area contributed by atoms with Gasteiger partial charge in [-0.3, -0.25) is 9.59 Å². The van der Waals surface area contributed by atoms with Crippen LogP contribution in [0.25, 0.3) is 16.4 Å². The number of aromatic hydroxyl groups is 1. The number of para-hydroxylation sites is 1. The number of benzene rings is 2. The summed E-state index contributed by atoms with van der Waals surface area (Å²) in [6, 6.07) is 11.9. The van der Waals surface area contributed by atoms with E-state index in [1.165, 1.54) is 18.5 Å². The number of hydrogen-bond acceptors (Lipinski definition) is 6. The number of halogens is 1. The number of aromatic nitrogens is 3. The number of amides is 1. The predicted octanol–water partition coefficient (Wildman–Crippen LogP) is 2.85. The number of carbonyl (C=O) groups excluding carboxylic acids is 1. The maximum Gasteiger partial charge on any atom is 0.322 e. The largest absolute Gasteiger partial charge is 0.505 e. The standard InChI is InChI=1S/C19H13ClN4O5/c20-12-7-6-11-14(17(12)29-10-4-2-1-3-5-10)18-22-9-23-24(18)15(16(11)27)19(28)21-8-13(25)26/h1-7,9,27H,8H2,(H,21,28)(H,25,26). The fourth-order valence-electron chi connectivity index (χ4n) is 2.93. The molecule has 4 rings (SSSR count). The first-order chi connectivity index (χ1) is 14.0. The molecule has 0 atom stereocenters. The number of ether oxygens (including phenoxy) is 1. The van der Waals surface area contributed by atoms with Gasteiger partial charge in [-0.25, -0.2) is 9.50 Å². The van der Waals surface area contributed by atoms with Gasteiger partial charge in [0, 0.05) is 5.39 Å². The van der Waals surface area contributed by atoms with Gasteiger partial charge in [0.2, 0.25) is 0 Å². The van der Waals surface area contributed by atoms with Crippen LogP contribution in [0.2, 0.25) is 5.02 Å². The number of rotatable bonds is 5. The first kappa shape index (κ1) is 18.5. The number of nitrogens with one attached hydrogen (secondary N) is 1. The molecule has 0 fully saturated rings. The lowest BCUT2D eigenvalue weighted by Crippen LogP contribution is -2.31. The minimum absolute atomic E-state index is 0.215. The number of carboxylic acid groups (broad SMARTS) is 1. The van der Waals surface area contributed by atoms with E-state index in [-0.39, 0.29) is 27.5 Å². The molecule has 146 valence electrons. The maximum absolute atomic E-state index is 12.5. The zero-order chi connectivity index (χ0) is 20.5. The van der Waals surface area contributed by atoms with Crippen molar-refractivity contribution < 1.29 is 24.5 Å². The average molecular weight is 413 g/mol. The molecule has 3 N–H and O–H groups in total. The van der Waals surface area contributed by atoms with Crippen molar-refractivity contribution in [2.24, 2.45) is 0 Å². The number of hydrogen-bond donors (Lipinski definition) is 3. The van der Waals surface area contributed by atoms with Crippen LogP contribution in [0.1, 0.15) is 10.5 Å². The van der Waals surface area contributed by atoms with Crippen LogP contribution in [0.4, 0.5) is 0 Å². The van der Waals surface area contributed by atoms with Crippen molar-refractivity contribution in [1.82, 2.24) is 19.9 Å². The van der Waals surface area contributed by atoms with Gasteiger partial charge in [0.25, 0.3) is 5.91 Å². The van der Waals surface area contributed by atoms with Gasteiger partial charge in [-0.2, -0.15) is 5.10 Å². The third kappa shape index (κ3) is 3.27. The number of pyridine rings is 1. The molecule has 0 saturated carbocycles. The van der Waals surface area contributed by atoms with Crippen molar-refractivity contribution in [3.05, 3.63) is 59.5 Å². The Balaban J connectivity index is 1.95. The van der Waals surface area contributed by atoms with Gasteiger partial charge in [-0.1, -0.05) is 29.8 Å². The molecule has 0 aliphatic heterocycles. The minimum Gasteiger partial charge on any atom is -0.505 e. The van der Waals surface area contributed by atoms with E-state index in [0.29, 0.717) is 11.1 Å². The number of aliphatic carboxylic acids is 1. The summed E-state index contributed by atoms with van der Waals surface area (Å²) in [7, 11) is 0. The summed E-state index contributed by atoms with van der Waals surface area (Å²) < 4.78 is 7.05. The zero-order valence-electron chi connectivity index (χ0n) is 14.7. The van der Waals surface area contributed by atoms with Crippen molar-refractivity contribution in [2.45, 2.75) is 0 Å². The molecule has 0 spiro atoms. The molecule has 0 bridgehead atoms. The molecule has 29 heavy (non-hydrogen) atoms. The molecule has 2 heterocycles. The van der Waals surface area contributed by atoms with E-state index in [1.54, 1.807) is 24.3 Å². The summed E-state index contributed by atoms with van der Waals surface area (Å²) in [6.45, 7) is -0.616. The van der Waals surface area contributed by atoms with E-state index in [1.807, 2.05) is 6.07 Å². The smallest absolute Gasteiger partial charge is 0.322 e. The Bertz CT molecular complexity index is 1260. The van der Waals surface area contributed by atoms with Crippen molar-refractivity contribution in [2.75, 3.05) is 6.54 Å². The molecule has 2 aromatic heterocycles. The first-order valence-electron chi connectivity index (χ1n) is 8.37. The molecule has 9 nitrogen and oxygen atoms in total. The normalized spacial score (nSPS) is 10.9. The highest BCUT2D eigenvalue weighted by Gasteiger charge is 2.25. The quantitative estimate of drug-likeness (QED) is 0.460. The summed E-state index contributed by atoms with van der Waals surface area (Å²) in [5, 5.41) is 26.7. The zero-order valence-corrected chi connectivity index (χ0v) is 15.4. The Hall–Kier alpha value is -3.85. The van der Waals surface area contributed by atoms with Crippen LogP contribution in [0.3, 0.4) is 0 Å². The number of carboxylic acids is 1. The first-order valence-corrected chi connectivity index (χ1v) is 8.75. The monoisotopic (exact) mass is 412 g/mol. The molecular formula is C19H13ClN4O5. The predicted molar refractivity (Wildman–Crippen MR) is 104 cm³/mol. The lowest BCUT2D eigenvalue weighted by atomic mass is 10.1. The van der Waals surface area contributed by atoms with Gasteiger partial charge in [-0.05, 0) is 24.3 Å². The molecule has 0 aliphatic rings. The van der Waals surface area contributed by atoms with Gasteiger partial charge in [0.05, 0.1) is 10.4 Å². The lowest BCUT2D eigenvalue weighted by molar-refractivity contribution is -0.135. The highest BCUT2D eigenvalue weighted by Crippen LogP contribution is 2.42. The maximum atomic E-state index is 12.5. The van der Waals surface area contributed by atoms with Crippen LogP contribution in [-0.2, 0) is 4.79 Å². The second kappa shape index (κ2) is 7.28. The molecule has 2 aromatic carbocycles. The Morgan fingerprint density at radius 1 is 1.17 bits per heavy atom. The number of carbonyl (C=O) groups is 2. The van der Waals surface area contributed by atoms with Gasteiger partial charge < -0.3 is 20.3 Å². The molecular weight excluding hydrogens is 400 g/mol. The van der Waals surface area contributed by atoms with Crippen molar-refractivity contribution in [3.8, 4) is 17.2 Å². The van der Waals surface area contributed by atoms with Crippen molar-refractivity contribution in [1.29, 1.82) is 0 Å². The van der Waals surface area contributed by atoms with E-state index in [2.05, 4.69) is 15.4 Å². The fourth-order valence-corrected chi connectivity index (χ4v) is 3.13. The van der Waals surface area contributed by atoms with Crippen LogP contribution in [0.5, 0.6) is 17.2 Å². The van der Waals surface area contributed by atoms with E-state index >= 15 is 0 Å². The summed E-state index contributed by atoms with van der Waals surface area (Å²) in [5.41, 5.74) is -0.0362. The van der Waals surface area contributed by atoms with E-state index in [4.69, 9.17) is 21.4 Å². The Labute approximate surface area is 168 Å². The third-order valence-electron chi connectivity index (χ3n) is 4.15. The van der Waals surface area contributed by atoms with Crippen LogP contribution in [0, 0.1) is 0 Å². The molecule has 1 amide bonds. The van der Waals surface area contributed by atoms with Crippen LogP contribution in [-0.4, -0.2) is 43.2 Å². The van der Waals surface area contributed by atoms with Crippen molar-refractivity contribution in [3.63, 3.8) is 0 Å². The molecule has 0 saturated heterocycles. The van der Waals surface area contributed by atoms with E-state index in [0.717, 1.165) is 4.52 Å². The van der Waals surface area contributed by atoms with Gasteiger partial charge in [0.15, 0.2) is 22.8 Å². The second-order valence-corrected chi connectivity index (χ2v) is 6.39. The molecule has 10 heteroatoms. The number of nitrogens with zero attached hydrogens (tertiary/aromatic N) is 3. The van der Waals surface area contributed by atoms with Crippen LogP contribution < -0.4 is 10.1 Å². The second-order valence-electron chi connectivity index (χ2n) is 5.98. The lowest BCUT2D eigenvalue weighted by Gasteiger charge is -2.15. The Morgan fingerprint density at radius 2 is 1.93 bits per heavy atom. The molecule has 0 aliphatic carbocycles. The summed E-state index contributed by atoms with van der Waals surface area (Å²) in [5.74, 6) is -1.69. The van der Waals surface area contributed by atoms with Crippen molar-refractivity contribution >= 4 is 39.9 Å². The molecule has 4 aromatic rings. The van der Waals surface area contributed by atoms with Gasteiger partial charge in [-0.15, -0.1) is 0 Å². The Kier molecular flexibility index (Phi) is 4.65. The highest BCUT2D eigenvalue weighted by atomic mass is 35.5. The van der Waals surface area contributed by atoms with Crippen LogP contribution in [0.15, 0.2) is 48.8 Å². The Morgan fingerprint density at radius 3 is 2.66 bits per heavy atom. The highest BCUT2D eigenvalue weighted by molar-refractivity contribution is 6.34. The topological polar surface area (TPSA) is 126 Å². The van der Waals surface area contributed by atoms with E-state index in [9.17, 15) is 14.7 Å². The third-order valence-corrected chi connectivity index (χ3v) is 4.45. The molecule has 0 unspecified atom stereocenters. The van der Waals surface area contributed by atoms with Gasteiger partial charge >= 0.3 is 5.97 Å². The molecule has 0 radical (unpaired) electrons. The summed E-state index contributed by atoms with van der Waals surface area (Å²) >= 11 is 6.35. The number of fused-ring (bicyclic) bond motifs is 3. The fraction of sp³-hybridized carbons (Fsp3) is 0.0526. The van der Waals surface area contributed by atoms with Crippen LogP contribution >= 0.6 is 11.6 Å². The summed E-state index contributed by atoms with van der Waals surface area (Å²) in [4.78, 5) is 27.4. The van der Waals surface area contributed by atoms with E-state index < -0.39 is 24.2 Å². The summed E-state index contributed by atoms with van der Waals surface area (Å²) in [6.07, 6.45) is 1.20. The minimum atomic E-state index is -1.22.